The van der Waals surface area contributed by atoms with Gasteiger partial charge in [-0.05, 0) is 0 Å². The maximum atomic E-state index is 6.89. The first-order chi connectivity index (χ1) is 14.6. The topological polar surface area (TPSA) is 0 Å². The minimum Gasteiger partial charge on any atom is -0.0654 e. The van der Waals surface area contributed by atoms with Gasteiger partial charge < -0.3 is 0 Å². The number of hydrogen-bond acceptors (Lipinski definition) is 0. The van der Waals surface area contributed by atoms with Crippen LogP contribution < -0.4 is 0 Å². The molecule has 0 heterocycles. The largest absolute Gasteiger partial charge is 0.0654 e. The Hall–Kier alpha value is 1.09. The van der Waals surface area contributed by atoms with Gasteiger partial charge in [0.2, 0.25) is 0 Å². The first-order valence-corrected chi connectivity index (χ1v) is 23.7. The standard InChI is InChI=1S/C16H33.3C4H9.ClH.Sn/c1-3-5-7-9-11-13-15-16-14-12-10-8-6-4-2;3*1-3-4-2;;/h1,3-16H2,2H3;3*1,3-4H2,2H3;1H;/q;;;;;+1/p-1. The minimum atomic E-state index is -2.09. The van der Waals surface area contributed by atoms with E-state index in [1.165, 1.54) is 135 Å². The maximum absolute atomic E-state index is 6.89. The van der Waals surface area contributed by atoms with E-state index in [2.05, 4.69) is 34.6 Å². The van der Waals surface area contributed by atoms with Gasteiger partial charge in [0.05, 0.1) is 0 Å². The molecule has 0 bridgehead atoms. The van der Waals surface area contributed by atoms with Crippen molar-refractivity contribution in [1.29, 1.82) is 0 Å². The first-order valence-electron chi connectivity index (χ1n) is 14.1. The summed E-state index contributed by atoms with van der Waals surface area (Å²) in [7, 11) is 6.89. The molecule has 2 heteroatoms. The molecule has 0 aromatic carbocycles. The van der Waals surface area contributed by atoms with Crippen molar-refractivity contribution in [3.8, 4) is 0 Å². The maximum Gasteiger partial charge on any atom is -0.0533 e. The summed E-state index contributed by atoms with van der Waals surface area (Å²) in [5.74, 6) is 0. The molecule has 183 valence electrons. The van der Waals surface area contributed by atoms with Crippen LogP contribution in [0.5, 0.6) is 0 Å². The summed E-state index contributed by atoms with van der Waals surface area (Å²) in [6.45, 7) is 13.0. The summed E-state index contributed by atoms with van der Waals surface area (Å²) in [6, 6.07) is 0. The molecule has 0 saturated heterocycles. The summed E-state index contributed by atoms with van der Waals surface area (Å²) < 4.78 is 4.27. The van der Waals surface area contributed by atoms with Gasteiger partial charge in [0, 0.05) is 0 Å². The van der Waals surface area contributed by atoms with Gasteiger partial charge >= 0.3 is 98.8 Å². The fourth-order valence-electron chi connectivity index (χ4n) is 4.05. The van der Waals surface area contributed by atoms with Crippen molar-refractivity contribution in [3.05, 3.63) is 6.92 Å². The van der Waals surface area contributed by atoms with E-state index in [0.29, 0.717) is 0 Å². The van der Waals surface area contributed by atoms with Crippen molar-refractivity contribution in [3.63, 3.8) is 0 Å². The van der Waals surface area contributed by atoms with Crippen molar-refractivity contribution < 1.29 is 0 Å². The van der Waals surface area contributed by atoms with Crippen LogP contribution in [-0.2, 0) is 0 Å². The summed E-state index contributed by atoms with van der Waals surface area (Å²) >= 11 is -2.09. The van der Waals surface area contributed by atoms with E-state index in [0.717, 1.165) is 6.42 Å². The van der Waals surface area contributed by atoms with E-state index >= 15 is 0 Å². The van der Waals surface area contributed by atoms with E-state index in [9.17, 15) is 0 Å². The SMILES string of the molecule is CCC[CH2][Sn]([Cl])([CH2]CCC)[CH2]CCC.[CH2]CCCCCCCCCCCCCCC. The number of rotatable bonds is 22. The summed E-state index contributed by atoms with van der Waals surface area (Å²) in [5.41, 5.74) is 0. The molecule has 1 radical (unpaired) electrons. The van der Waals surface area contributed by atoms with E-state index in [1.54, 1.807) is 0 Å². The molecule has 0 saturated carbocycles. The van der Waals surface area contributed by atoms with Gasteiger partial charge in [0.25, 0.3) is 0 Å². The van der Waals surface area contributed by atoms with Gasteiger partial charge in [-0.15, -0.1) is 0 Å². The van der Waals surface area contributed by atoms with E-state index in [4.69, 9.17) is 8.92 Å². The molecule has 0 aromatic heterocycles. The predicted molar refractivity (Wildman–Crippen MR) is 146 cm³/mol. The quantitative estimate of drug-likeness (QED) is 0.0928. The molecule has 0 aromatic rings. The Morgan fingerprint density at radius 2 is 0.700 bits per heavy atom. The van der Waals surface area contributed by atoms with Crippen LogP contribution in [0.2, 0.25) is 13.3 Å². The minimum absolute atomic E-state index is 1.12. The monoisotopic (exact) mass is 551 g/mol. The molecule has 0 nitrogen and oxygen atoms in total. The number of halogens is 1. The van der Waals surface area contributed by atoms with Crippen molar-refractivity contribution in [1.82, 2.24) is 0 Å². The summed E-state index contributed by atoms with van der Waals surface area (Å²) in [5, 5.41) is 0. The third-order valence-corrected chi connectivity index (χ3v) is 20.8. The second kappa shape index (κ2) is 28.1. The Morgan fingerprint density at radius 3 is 0.967 bits per heavy atom. The van der Waals surface area contributed by atoms with Crippen LogP contribution >= 0.6 is 8.92 Å². The van der Waals surface area contributed by atoms with Gasteiger partial charge in [-0.2, -0.15) is 0 Å². The Bertz CT molecular complexity index is 257. The molecule has 0 unspecified atom stereocenters. The van der Waals surface area contributed by atoms with Crippen molar-refractivity contribution in [2.24, 2.45) is 0 Å². The molecule has 30 heavy (non-hydrogen) atoms. The Kier molecular flexibility index (Phi) is 31.2. The third kappa shape index (κ3) is 27.1. The molecular weight excluding hydrogens is 490 g/mol. The molecule has 0 N–H and O–H groups in total. The zero-order chi connectivity index (χ0) is 22.8. The first kappa shape index (κ1) is 33.3. The van der Waals surface area contributed by atoms with Crippen LogP contribution in [0.1, 0.15) is 156 Å². The Morgan fingerprint density at radius 1 is 0.433 bits per heavy atom. The van der Waals surface area contributed by atoms with E-state index in [1.807, 2.05) is 0 Å². The zero-order valence-corrected chi connectivity index (χ0v) is 25.5. The van der Waals surface area contributed by atoms with Gasteiger partial charge in [-0.3, -0.25) is 0 Å². The van der Waals surface area contributed by atoms with Crippen LogP contribution in [0.25, 0.3) is 0 Å². The molecular formula is C28H60ClSn. The Balaban J connectivity index is 0. The average Bonchev–Trinajstić information content (AvgIpc) is 2.76. The predicted octanol–water partition coefficient (Wildman–Crippen LogP) is 11.9. The second-order valence-corrected chi connectivity index (χ2v) is 25.8. The van der Waals surface area contributed by atoms with Crippen LogP contribution in [0.15, 0.2) is 0 Å². The van der Waals surface area contributed by atoms with Gasteiger partial charge in [0.15, 0.2) is 0 Å². The van der Waals surface area contributed by atoms with Crippen LogP contribution in [-0.4, -0.2) is 17.3 Å². The fourth-order valence-corrected chi connectivity index (χ4v) is 17.3. The van der Waals surface area contributed by atoms with Crippen molar-refractivity contribution >= 4 is 26.2 Å². The van der Waals surface area contributed by atoms with E-state index < -0.39 is 17.3 Å². The van der Waals surface area contributed by atoms with Crippen LogP contribution in [0.3, 0.4) is 0 Å². The second-order valence-electron chi connectivity index (χ2n) is 9.56. The summed E-state index contributed by atoms with van der Waals surface area (Å²) in [4.78, 5) is 0. The van der Waals surface area contributed by atoms with Gasteiger partial charge in [-0.25, -0.2) is 0 Å². The third-order valence-electron chi connectivity index (χ3n) is 6.29. The summed E-state index contributed by atoms with van der Waals surface area (Å²) in [6.07, 6.45) is 28.0. The number of unbranched alkanes of at least 4 members (excludes halogenated alkanes) is 16. The Labute approximate surface area is 201 Å². The molecule has 0 aliphatic rings. The molecule has 0 rings (SSSR count). The number of hydrogen-bond donors (Lipinski definition) is 0. The normalized spacial score (nSPS) is 11.4. The van der Waals surface area contributed by atoms with Crippen molar-refractivity contribution in [2.45, 2.75) is 169 Å². The fraction of sp³-hybridized carbons (Fsp3) is 0.964. The molecule has 0 aliphatic heterocycles. The average molecular weight is 551 g/mol. The van der Waals surface area contributed by atoms with Crippen LogP contribution in [0, 0.1) is 6.92 Å². The molecule has 0 atom stereocenters. The zero-order valence-electron chi connectivity index (χ0n) is 21.8. The van der Waals surface area contributed by atoms with Crippen molar-refractivity contribution in [2.75, 3.05) is 0 Å². The molecule has 0 spiro atoms. The molecule has 0 aliphatic carbocycles. The van der Waals surface area contributed by atoms with Crippen LogP contribution in [0.4, 0.5) is 0 Å². The van der Waals surface area contributed by atoms with E-state index in [-0.39, 0.29) is 0 Å². The smallest absolute Gasteiger partial charge is 0.0533 e. The van der Waals surface area contributed by atoms with Gasteiger partial charge in [0.1, 0.15) is 0 Å². The molecule has 0 fully saturated rings. The molecule has 0 amide bonds. The van der Waals surface area contributed by atoms with Gasteiger partial charge in [-0.1, -0.05) is 104 Å².